The van der Waals surface area contributed by atoms with Gasteiger partial charge in [-0.05, 0) is 31.1 Å². The molecule has 2 saturated carbocycles. The van der Waals surface area contributed by atoms with Crippen LogP contribution in [0.25, 0.3) is 0 Å². The van der Waals surface area contributed by atoms with Crippen molar-refractivity contribution in [1.29, 1.82) is 0 Å². The Morgan fingerprint density at radius 2 is 1.92 bits per heavy atom. The van der Waals surface area contributed by atoms with E-state index in [1.54, 1.807) is 0 Å². The smallest absolute Gasteiger partial charge is 0.207 e. The number of nitrogens with one attached hydrogen (secondary N) is 1. The van der Waals surface area contributed by atoms with Crippen LogP contribution in [0.2, 0.25) is 0 Å². The lowest BCUT2D eigenvalue weighted by molar-refractivity contribution is -0.110. The van der Waals surface area contributed by atoms with Crippen LogP contribution in [0.1, 0.15) is 38.5 Å². The Balaban J connectivity index is 1.96. The molecular formula is C10H17NO. The topological polar surface area (TPSA) is 29.1 Å². The van der Waals surface area contributed by atoms with Gasteiger partial charge in [0.25, 0.3) is 0 Å². The SMILES string of the molecule is O=CNC1CCC2CCCCC21. The molecule has 1 N–H and O–H groups in total. The summed E-state index contributed by atoms with van der Waals surface area (Å²) in [6, 6.07) is 0.507. The summed E-state index contributed by atoms with van der Waals surface area (Å²) in [7, 11) is 0. The van der Waals surface area contributed by atoms with E-state index in [-0.39, 0.29) is 0 Å². The summed E-state index contributed by atoms with van der Waals surface area (Å²) in [4.78, 5) is 10.3. The van der Waals surface area contributed by atoms with Crippen LogP contribution < -0.4 is 5.32 Å². The number of carbonyl (C=O) groups excluding carboxylic acids is 1. The standard InChI is InChI=1S/C10H17NO/c12-7-11-10-6-5-8-3-1-2-4-9(8)10/h7-10H,1-6H2,(H,11,12). The zero-order valence-corrected chi connectivity index (χ0v) is 7.46. The predicted octanol–water partition coefficient (Wildman–Crippen LogP) is 1.70. The highest BCUT2D eigenvalue weighted by Gasteiger charge is 2.36. The molecule has 68 valence electrons. The Morgan fingerprint density at radius 3 is 2.75 bits per heavy atom. The second kappa shape index (κ2) is 3.46. The Hall–Kier alpha value is -0.530. The molecule has 12 heavy (non-hydrogen) atoms. The monoisotopic (exact) mass is 167 g/mol. The molecule has 3 atom stereocenters. The lowest BCUT2D eigenvalue weighted by atomic mass is 9.80. The molecule has 0 saturated heterocycles. The first kappa shape index (κ1) is 8.09. The molecule has 2 rings (SSSR count). The number of amides is 1. The van der Waals surface area contributed by atoms with Crippen molar-refractivity contribution in [3.8, 4) is 0 Å². The van der Waals surface area contributed by atoms with Gasteiger partial charge in [-0.1, -0.05) is 19.3 Å². The van der Waals surface area contributed by atoms with Crippen LogP contribution in [-0.4, -0.2) is 12.5 Å². The highest BCUT2D eigenvalue weighted by molar-refractivity contribution is 5.46. The van der Waals surface area contributed by atoms with E-state index in [4.69, 9.17) is 0 Å². The van der Waals surface area contributed by atoms with Crippen molar-refractivity contribution in [3.05, 3.63) is 0 Å². The molecule has 2 aliphatic carbocycles. The normalized spacial score (nSPS) is 40.5. The highest BCUT2D eigenvalue weighted by atomic mass is 16.1. The van der Waals surface area contributed by atoms with Gasteiger partial charge in [0.2, 0.25) is 6.41 Å². The first-order valence-corrected chi connectivity index (χ1v) is 5.11. The van der Waals surface area contributed by atoms with Gasteiger partial charge in [-0.2, -0.15) is 0 Å². The fourth-order valence-corrected chi connectivity index (χ4v) is 3.03. The van der Waals surface area contributed by atoms with E-state index in [0.29, 0.717) is 6.04 Å². The maximum Gasteiger partial charge on any atom is 0.207 e. The molecule has 0 heterocycles. The van der Waals surface area contributed by atoms with Crippen molar-refractivity contribution >= 4 is 6.41 Å². The highest BCUT2D eigenvalue weighted by Crippen LogP contribution is 2.41. The molecule has 2 heteroatoms. The average molecular weight is 167 g/mol. The molecule has 0 aromatic heterocycles. The van der Waals surface area contributed by atoms with Crippen molar-refractivity contribution in [2.45, 2.75) is 44.6 Å². The van der Waals surface area contributed by atoms with E-state index in [0.717, 1.165) is 18.2 Å². The third-order valence-electron chi connectivity index (χ3n) is 3.62. The first-order chi connectivity index (χ1) is 5.92. The first-order valence-electron chi connectivity index (χ1n) is 5.11. The average Bonchev–Trinajstić information content (AvgIpc) is 2.50. The predicted molar refractivity (Wildman–Crippen MR) is 47.7 cm³/mol. The number of rotatable bonds is 2. The Labute approximate surface area is 73.7 Å². The summed E-state index contributed by atoms with van der Waals surface area (Å²) in [5.74, 6) is 1.74. The lowest BCUT2D eigenvalue weighted by Crippen LogP contribution is -2.34. The van der Waals surface area contributed by atoms with Gasteiger partial charge in [-0.15, -0.1) is 0 Å². The summed E-state index contributed by atoms with van der Waals surface area (Å²) in [6.07, 6.45) is 8.97. The molecule has 2 aliphatic rings. The molecule has 0 radical (unpaired) electrons. The Kier molecular flexibility index (Phi) is 2.33. The van der Waals surface area contributed by atoms with Gasteiger partial charge in [-0.3, -0.25) is 4.79 Å². The minimum atomic E-state index is 0.507. The van der Waals surface area contributed by atoms with Gasteiger partial charge in [0.05, 0.1) is 0 Å². The number of hydrogen-bond acceptors (Lipinski definition) is 1. The van der Waals surface area contributed by atoms with Gasteiger partial charge in [0.15, 0.2) is 0 Å². The molecular weight excluding hydrogens is 150 g/mol. The molecule has 1 amide bonds. The summed E-state index contributed by atoms with van der Waals surface area (Å²) >= 11 is 0. The second-order valence-electron chi connectivity index (χ2n) is 4.18. The molecule has 0 aliphatic heterocycles. The van der Waals surface area contributed by atoms with Crippen molar-refractivity contribution in [2.75, 3.05) is 0 Å². The van der Waals surface area contributed by atoms with Crippen LogP contribution in [0.3, 0.4) is 0 Å². The fraction of sp³-hybridized carbons (Fsp3) is 0.900. The number of carbonyl (C=O) groups is 1. The molecule has 2 fully saturated rings. The quantitative estimate of drug-likeness (QED) is 0.623. The van der Waals surface area contributed by atoms with Crippen LogP contribution in [0.15, 0.2) is 0 Å². The molecule has 2 nitrogen and oxygen atoms in total. The van der Waals surface area contributed by atoms with Gasteiger partial charge in [-0.25, -0.2) is 0 Å². The van der Waals surface area contributed by atoms with E-state index < -0.39 is 0 Å². The van der Waals surface area contributed by atoms with Crippen molar-refractivity contribution in [2.24, 2.45) is 11.8 Å². The third-order valence-corrected chi connectivity index (χ3v) is 3.62. The number of hydrogen-bond donors (Lipinski definition) is 1. The Morgan fingerprint density at radius 1 is 1.08 bits per heavy atom. The molecule has 0 spiro atoms. The van der Waals surface area contributed by atoms with Crippen LogP contribution in [0.5, 0.6) is 0 Å². The van der Waals surface area contributed by atoms with E-state index in [1.165, 1.54) is 38.5 Å². The van der Waals surface area contributed by atoms with Crippen LogP contribution in [0.4, 0.5) is 0 Å². The van der Waals surface area contributed by atoms with Gasteiger partial charge in [0.1, 0.15) is 0 Å². The van der Waals surface area contributed by atoms with Crippen molar-refractivity contribution < 1.29 is 4.79 Å². The summed E-state index contributed by atoms with van der Waals surface area (Å²) in [6.45, 7) is 0. The molecule has 0 aromatic rings. The Bertz CT molecular complexity index is 169. The summed E-state index contributed by atoms with van der Waals surface area (Å²) in [5, 5.41) is 2.96. The molecule has 0 bridgehead atoms. The molecule has 3 unspecified atom stereocenters. The van der Waals surface area contributed by atoms with Crippen LogP contribution >= 0.6 is 0 Å². The summed E-state index contributed by atoms with van der Waals surface area (Å²) in [5.41, 5.74) is 0. The maximum absolute atomic E-state index is 10.3. The van der Waals surface area contributed by atoms with Gasteiger partial charge >= 0.3 is 0 Å². The van der Waals surface area contributed by atoms with E-state index in [1.807, 2.05) is 0 Å². The van der Waals surface area contributed by atoms with E-state index in [2.05, 4.69) is 5.32 Å². The number of fused-ring (bicyclic) bond motifs is 1. The van der Waals surface area contributed by atoms with Crippen molar-refractivity contribution in [3.63, 3.8) is 0 Å². The molecule has 0 aromatic carbocycles. The van der Waals surface area contributed by atoms with Crippen molar-refractivity contribution in [1.82, 2.24) is 5.32 Å². The fourth-order valence-electron chi connectivity index (χ4n) is 3.03. The van der Waals surface area contributed by atoms with Crippen LogP contribution in [-0.2, 0) is 4.79 Å². The van der Waals surface area contributed by atoms with Crippen LogP contribution in [0, 0.1) is 11.8 Å². The largest absolute Gasteiger partial charge is 0.356 e. The zero-order chi connectivity index (χ0) is 8.39. The third kappa shape index (κ3) is 1.35. The zero-order valence-electron chi connectivity index (χ0n) is 7.46. The second-order valence-corrected chi connectivity index (χ2v) is 4.18. The van der Waals surface area contributed by atoms with Gasteiger partial charge < -0.3 is 5.32 Å². The van der Waals surface area contributed by atoms with E-state index in [9.17, 15) is 4.79 Å². The lowest BCUT2D eigenvalue weighted by Gasteiger charge is -2.28. The van der Waals surface area contributed by atoms with Gasteiger partial charge in [0, 0.05) is 6.04 Å². The maximum atomic E-state index is 10.3. The van der Waals surface area contributed by atoms with E-state index >= 15 is 0 Å². The summed E-state index contributed by atoms with van der Waals surface area (Å²) < 4.78 is 0. The minimum absolute atomic E-state index is 0.507. The minimum Gasteiger partial charge on any atom is -0.356 e.